The van der Waals surface area contributed by atoms with Gasteiger partial charge in [-0.15, -0.1) is 0 Å². The Morgan fingerprint density at radius 2 is 2.07 bits per heavy atom. The third kappa shape index (κ3) is 3.95. The summed E-state index contributed by atoms with van der Waals surface area (Å²) in [5.74, 6) is 0.922. The van der Waals surface area contributed by atoms with Crippen LogP contribution < -0.4 is 5.73 Å². The number of rotatable bonds is 5. The van der Waals surface area contributed by atoms with E-state index < -0.39 is 0 Å². The van der Waals surface area contributed by atoms with E-state index >= 15 is 0 Å². The van der Waals surface area contributed by atoms with Crippen molar-refractivity contribution in [2.75, 3.05) is 26.2 Å². The van der Waals surface area contributed by atoms with Gasteiger partial charge >= 0.3 is 0 Å². The van der Waals surface area contributed by atoms with Crippen LogP contribution in [0.15, 0.2) is 0 Å². The Bertz CT molecular complexity index is 144. The molecule has 1 aliphatic rings. The molecule has 14 heavy (non-hydrogen) atoms. The molecule has 0 aliphatic carbocycles. The van der Waals surface area contributed by atoms with E-state index in [2.05, 4.69) is 11.8 Å². The molecule has 0 spiro atoms. The summed E-state index contributed by atoms with van der Waals surface area (Å²) in [4.78, 5) is 2.34. The van der Waals surface area contributed by atoms with Crippen molar-refractivity contribution in [3.63, 3.8) is 0 Å². The van der Waals surface area contributed by atoms with Crippen LogP contribution in [0, 0.1) is 5.92 Å². The highest BCUT2D eigenvalue weighted by atomic mass is 16.3. The zero-order valence-corrected chi connectivity index (χ0v) is 9.28. The van der Waals surface area contributed by atoms with E-state index in [1.165, 1.54) is 25.7 Å². The highest BCUT2D eigenvalue weighted by Crippen LogP contribution is 2.21. The first-order chi connectivity index (χ1) is 6.76. The maximum atomic E-state index is 9.41. The molecule has 0 saturated carbocycles. The van der Waals surface area contributed by atoms with E-state index in [9.17, 15) is 5.11 Å². The summed E-state index contributed by atoms with van der Waals surface area (Å²) in [7, 11) is 0. The summed E-state index contributed by atoms with van der Waals surface area (Å²) in [6.45, 7) is 5.68. The summed E-state index contributed by atoms with van der Waals surface area (Å²) < 4.78 is 0. The van der Waals surface area contributed by atoms with Crippen LogP contribution in [0.4, 0.5) is 0 Å². The Kier molecular flexibility index (Phi) is 5.45. The van der Waals surface area contributed by atoms with Gasteiger partial charge in [0.2, 0.25) is 0 Å². The molecule has 1 unspecified atom stereocenters. The van der Waals surface area contributed by atoms with E-state index in [0.717, 1.165) is 25.6 Å². The number of piperidine rings is 1. The first kappa shape index (κ1) is 12.0. The van der Waals surface area contributed by atoms with Gasteiger partial charge in [-0.1, -0.05) is 19.8 Å². The van der Waals surface area contributed by atoms with Crippen molar-refractivity contribution >= 4 is 0 Å². The third-order valence-corrected chi connectivity index (χ3v) is 3.15. The number of aliphatic hydroxyl groups is 1. The van der Waals surface area contributed by atoms with Crippen LogP contribution >= 0.6 is 0 Å². The number of nitrogens with two attached hydrogens (primary N) is 1. The minimum absolute atomic E-state index is 0.335. The van der Waals surface area contributed by atoms with E-state index in [0.29, 0.717) is 6.54 Å². The molecule has 1 saturated heterocycles. The van der Waals surface area contributed by atoms with Crippen LogP contribution in [-0.2, 0) is 0 Å². The second kappa shape index (κ2) is 6.38. The van der Waals surface area contributed by atoms with Gasteiger partial charge in [0, 0.05) is 13.1 Å². The number of β-amino-alcohol motifs (C(OH)–C–C–N with tert-alkyl or cyclic N) is 1. The molecule has 0 radical (unpaired) electrons. The van der Waals surface area contributed by atoms with Crippen molar-refractivity contribution in [1.29, 1.82) is 0 Å². The fourth-order valence-electron chi connectivity index (χ4n) is 2.24. The standard InChI is InChI=1S/C11H24N2O/c1-2-3-10-4-6-13(7-5-10)9-11(14)8-12/h10-11,14H,2-9,12H2,1H3. The lowest BCUT2D eigenvalue weighted by atomic mass is 9.92. The van der Waals surface area contributed by atoms with Gasteiger partial charge in [-0.25, -0.2) is 0 Å². The van der Waals surface area contributed by atoms with Crippen LogP contribution in [-0.4, -0.2) is 42.3 Å². The van der Waals surface area contributed by atoms with E-state index in [1.807, 2.05) is 0 Å². The van der Waals surface area contributed by atoms with Gasteiger partial charge in [0.05, 0.1) is 6.10 Å². The van der Waals surface area contributed by atoms with Crippen LogP contribution in [0.2, 0.25) is 0 Å². The largest absolute Gasteiger partial charge is 0.390 e. The fourth-order valence-corrected chi connectivity index (χ4v) is 2.24. The average molecular weight is 200 g/mol. The Labute approximate surface area is 87.3 Å². The number of aliphatic hydroxyl groups excluding tert-OH is 1. The monoisotopic (exact) mass is 200 g/mol. The molecular formula is C11H24N2O. The third-order valence-electron chi connectivity index (χ3n) is 3.15. The maximum absolute atomic E-state index is 9.41. The maximum Gasteiger partial charge on any atom is 0.0789 e. The van der Waals surface area contributed by atoms with Gasteiger partial charge in [0.15, 0.2) is 0 Å². The highest BCUT2D eigenvalue weighted by Gasteiger charge is 2.19. The van der Waals surface area contributed by atoms with Crippen molar-refractivity contribution in [2.45, 2.75) is 38.7 Å². The van der Waals surface area contributed by atoms with Crippen LogP contribution in [0.25, 0.3) is 0 Å². The van der Waals surface area contributed by atoms with Gasteiger partial charge in [-0.05, 0) is 31.8 Å². The number of likely N-dealkylation sites (tertiary alicyclic amines) is 1. The number of hydrogen-bond acceptors (Lipinski definition) is 3. The van der Waals surface area contributed by atoms with Gasteiger partial charge in [0.25, 0.3) is 0 Å². The Morgan fingerprint density at radius 1 is 1.43 bits per heavy atom. The summed E-state index contributed by atoms with van der Waals surface area (Å²) in [6.07, 6.45) is 4.93. The molecular weight excluding hydrogens is 176 g/mol. The smallest absolute Gasteiger partial charge is 0.0789 e. The SMILES string of the molecule is CCCC1CCN(CC(O)CN)CC1. The van der Waals surface area contributed by atoms with Crippen LogP contribution in [0.3, 0.4) is 0 Å². The topological polar surface area (TPSA) is 49.5 Å². The van der Waals surface area contributed by atoms with Gasteiger partial charge in [-0.3, -0.25) is 0 Å². The van der Waals surface area contributed by atoms with E-state index in [4.69, 9.17) is 5.73 Å². The Morgan fingerprint density at radius 3 is 2.57 bits per heavy atom. The normalized spacial score (nSPS) is 22.5. The first-order valence-corrected chi connectivity index (χ1v) is 5.86. The molecule has 84 valence electrons. The van der Waals surface area contributed by atoms with Crippen molar-refractivity contribution in [1.82, 2.24) is 4.90 Å². The second-order valence-electron chi connectivity index (χ2n) is 4.42. The molecule has 1 aliphatic heterocycles. The fraction of sp³-hybridized carbons (Fsp3) is 1.00. The quantitative estimate of drug-likeness (QED) is 0.691. The van der Waals surface area contributed by atoms with Crippen LogP contribution in [0.1, 0.15) is 32.6 Å². The molecule has 1 atom stereocenters. The molecule has 3 heteroatoms. The molecule has 0 aromatic rings. The summed E-state index contributed by atoms with van der Waals surface area (Å²) in [5, 5.41) is 9.41. The number of nitrogens with zero attached hydrogens (tertiary/aromatic N) is 1. The Balaban J connectivity index is 2.15. The lowest BCUT2D eigenvalue weighted by Gasteiger charge is -2.32. The number of hydrogen-bond donors (Lipinski definition) is 2. The second-order valence-corrected chi connectivity index (χ2v) is 4.42. The Hall–Kier alpha value is -0.120. The van der Waals surface area contributed by atoms with Crippen molar-refractivity contribution < 1.29 is 5.11 Å². The molecule has 0 bridgehead atoms. The molecule has 3 nitrogen and oxygen atoms in total. The van der Waals surface area contributed by atoms with Crippen molar-refractivity contribution in [2.24, 2.45) is 11.7 Å². The molecule has 0 amide bonds. The predicted molar refractivity (Wildman–Crippen MR) is 59.1 cm³/mol. The lowest BCUT2D eigenvalue weighted by molar-refractivity contribution is 0.0926. The minimum Gasteiger partial charge on any atom is -0.390 e. The zero-order chi connectivity index (χ0) is 10.4. The predicted octanol–water partition coefficient (Wildman–Crippen LogP) is 0.818. The molecule has 1 heterocycles. The minimum atomic E-state index is -0.335. The van der Waals surface area contributed by atoms with E-state index in [1.54, 1.807) is 0 Å². The molecule has 0 aromatic carbocycles. The van der Waals surface area contributed by atoms with Crippen molar-refractivity contribution in [3.8, 4) is 0 Å². The van der Waals surface area contributed by atoms with Gasteiger partial charge in [0.1, 0.15) is 0 Å². The zero-order valence-electron chi connectivity index (χ0n) is 9.28. The van der Waals surface area contributed by atoms with E-state index in [-0.39, 0.29) is 6.10 Å². The summed E-state index contributed by atoms with van der Waals surface area (Å²) >= 11 is 0. The van der Waals surface area contributed by atoms with Crippen LogP contribution in [0.5, 0.6) is 0 Å². The van der Waals surface area contributed by atoms with Gasteiger partial charge < -0.3 is 15.7 Å². The van der Waals surface area contributed by atoms with Gasteiger partial charge in [-0.2, -0.15) is 0 Å². The molecule has 3 N–H and O–H groups in total. The summed E-state index contributed by atoms with van der Waals surface area (Å²) in [5.41, 5.74) is 5.39. The molecule has 1 fully saturated rings. The average Bonchev–Trinajstić information content (AvgIpc) is 2.21. The molecule has 0 aromatic heterocycles. The first-order valence-electron chi connectivity index (χ1n) is 5.86. The molecule has 1 rings (SSSR count). The lowest BCUT2D eigenvalue weighted by Crippen LogP contribution is -2.41. The highest BCUT2D eigenvalue weighted by molar-refractivity contribution is 4.74. The van der Waals surface area contributed by atoms with Crippen molar-refractivity contribution in [3.05, 3.63) is 0 Å². The summed E-state index contributed by atoms with van der Waals surface area (Å²) in [6, 6.07) is 0.